The summed E-state index contributed by atoms with van der Waals surface area (Å²) >= 11 is 0. The molecule has 2 aromatic rings. The molecule has 6 nitrogen and oxygen atoms in total. The molecule has 3 heterocycles. The highest BCUT2D eigenvalue weighted by atomic mass is 19.4. The van der Waals surface area contributed by atoms with Crippen molar-refractivity contribution in [3.05, 3.63) is 36.3 Å². The van der Waals surface area contributed by atoms with Crippen LogP contribution in [-0.2, 0) is 4.74 Å². The van der Waals surface area contributed by atoms with Gasteiger partial charge in [-0.25, -0.2) is 4.98 Å². The summed E-state index contributed by atoms with van der Waals surface area (Å²) in [6.07, 6.45) is -0.722. The average Bonchev–Trinajstić information content (AvgIpc) is 3.18. The molecule has 2 fully saturated rings. The van der Waals surface area contributed by atoms with Crippen molar-refractivity contribution in [1.82, 2.24) is 19.8 Å². The third kappa shape index (κ3) is 4.91. The first kappa shape index (κ1) is 20.2. The molecule has 9 heteroatoms. The summed E-state index contributed by atoms with van der Waals surface area (Å²) in [5, 5.41) is 0. The number of piperidine rings is 1. The summed E-state index contributed by atoms with van der Waals surface area (Å²) in [6.45, 7) is 4.35. The minimum absolute atomic E-state index is 0.0544. The monoisotopic (exact) mass is 410 g/mol. The van der Waals surface area contributed by atoms with Crippen molar-refractivity contribution in [2.24, 2.45) is 0 Å². The number of imidazole rings is 1. The van der Waals surface area contributed by atoms with Gasteiger partial charge < -0.3 is 19.4 Å². The number of morpholine rings is 1. The highest BCUT2D eigenvalue weighted by Gasteiger charge is 2.34. The molecule has 1 atom stereocenters. The Morgan fingerprint density at radius 1 is 1.14 bits per heavy atom. The Morgan fingerprint density at radius 2 is 1.86 bits per heavy atom. The van der Waals surface area contributed by atoms with Crippen molar-refractivity contribution in [2.45, 2.75) is 31.3 Å². The Kier molecular flexibility index (Phi) is 5.80. The van der Waals surface area contributed by atoms with E-state index in [4.69, 9.17) is 4.74 Å². The molecule has 2 aliphatic rings. The van der Waals surface area contributed by atoms with Gasteiger partial charge in [-0.2, -0.15) is 0 Å². The van der Waals surface area contributed by atoms with Crippen molar-refractivity contribution in [1.29, 1.82) is 0 Å². The van der Waals surface area contributed by atoms with Crippen LogP contribution in [0.3, 0.4) is 0 Å². The fraction of sp³-hybridized carbons (Fsp3) is 0.550. The molecular formula is C20H25F3N4O2. The molecule has 158 valence electrons. The van der Waals surface area contributed by atoms with Gasteiger partial charge in [-0.3, -0.25) is 4.90 Å². The number of nitrogens with one attached hydrogen (secondary N) is 1. The van der Waals surface area contributed by atoms with Crippen LogP contribution in [-0.4, -0.2) is 72.1 Å². The Labute approximate surface area is 167 Å². The Balaban J connectivity index is 1.48. The summed E-state index contributed by atoms with van der Waals surface area (Å²) in [5.41, 5.74) is 1.51. The van der Waals surface area contributed by atoms with Crippen LogP contribution in [0.25, 0.3) is 11.3 Å². The fourth-order valence-electron chi connectivity index (χ4n) is 4.10. The molecule has 2 aliphatic heterocycles. The number of rotatable bonds is 4. The normalized spacial score (nSPS) is 22.7. The van der Waals surface area contributed by atoms with Crippen molar-refractivity contribution >= 4 is 0 Å². The molecular weight excluding hydrogens is 385 g/mol. The molecule has 0 aliphatic carbocycles. The number of aromatic nitrogens is 2. The fourth-order valence-corrected chi connectivity index (χ4v) is 4.10. The van der Waals surface area contributed by atoms with E-state index < -0.39 is 6.36 Å². The number of benzene rings is 1. The lowest BCUT2D eigenvalue weighted by Crippen LogP contribution is -2.50. The molecule has 1 aromatic heterocycles. The van der Waals surface area contributed by atoms with Crippen LogP contribution in [0.15, 0.2) is 30.5 Å². The number of aromatic amines is 1. The van der Waals surface area contributed by atoms with Crippen LogP contribution in [0.1, 0.15) is 24.7 Å². The third-order valence-electron chi connectivity index (χ3n) is 5.64. The van der Waals surface area contributed by atoms with Crippen molar-refractivity contribution in [3.8, 4) is 17.0 Å². The van der Waals surface area contributed by atoms with E-state index in [9.17, 15) is 13.2 Å². The Morgan fingerprint density at radius 3 is 2.55 bits per heavy atom. The highest BCUT2D eigenvalue weighted by Crippen LogP contribution is 2.31. The first-order valence-electron chi connectivity index (χ1n) is 9.82. The summed E-state index contributed by atoms with van der Waals surface area (Å²) in [6, 6.07) is 6.34. The second kappa shape index (κ2) is 8.33. The predicted octanol–water partition coefficient (Wildman–Crippen LogP) is 3.44. The van der Waals surface area contributed by atoms with E-state index in [1.54, 1.807) is 18.3 Å². The zero-order valence-corrected chi connectivity index (χ0v) is 16.3. The van der Waals surface area contributed by atoms with E-state index in [0.29, 0.717) is 12.6 Å². The number of nitrogens with zero attached hydrogens (tertiary/aromatic N) is 3. The molecule has 0 spiro atoms. The first-order valence-corrected chi connectivity index (χ1v) is 9.82. The lowest BCUT2D eigenvalue weighted by Gasteiger charge is -2.43. The molecule has 1 aromatic carbocycles. The SMILES string of the molecule is CN1CCC(N2CCOCC2c2ncc(-c3ccc(OC(F)(F)F)cc3)[nH]2)CC1. The first-order chi connectivity index (χ1) is 13.9. The van der Waals surface area contributed by atoms with Crippen molar-refractivity contribution in [2.75, 3.05) is 39.9 Å². The number of likely N-dealkylation sites (tertiary alicyclic amines) is 1. The quantitative estimate of drug-likeness (QED) is 0.837. The Bertz CT molecular complexity index is 801. The maximum atomic E-state index is 12.3. The predicted molar refractivity (Wildman–Crippen MR) is 101 cm³/mol. The topological polar surface area (TPSA) is 53.6 Å². The average molecular weight is 410 g/mol. The maximum absolute atomic E-state index is 12.3. The van der Waals surface area contributed by atoms with Gasteiger partial charge >= 0.3 is 6.36 Å². The minimum Gasteiger partial charge on any atom is -0.406 e. The van der Waals surface area contributed by atoms with Crippen LogP contribution in [0.2, 0.25) is 0 Å². The molecule has 0 radical (unpaired) electrons. The maximum Gasteiger partial charge on any atom is 0.573 e. The molecule has 29 heavy (non-hydrogen) atoms. The summed E-state index contributed by atoms with van der Waals surface area (Å²) in [5.74, 6) is 0.587. The second-order valence-electron chi connectivity index (χ2n) is 7.62. The van der Waals surface area contributed by atoms with Gasteiger partial charge in [-0.1, -0.05) is 0 Å². The van der Waals surface area contributed by atoms with Gasteiger partial charge in [0, 0.05) is 12.6 Å². The van der Waals surface area contributed by atoms with E-state index >= 15 is 0 Å². The molecule has 0 saturated carbocycles. The summed E-state index contributed by atoms with van der Waals surface area (Å²) < 4.78 is 46.6. The summed E-state index contributed by atoms with van der Waals surface area (Å²) in [4.78, 5) is 12.7. The molecule has 0 bridgehead atoms. The molecule has 1 N–H and O–H groups in total. The number of hydrogen-bond donors (Lipinski definition) is 1. The van der Waals surface area contributed by atoms with Gasteiger partial charge in [-0.05, 0) is 62.8 Å². The molecule has 2 saturated heterocycles. The van der Waals surface area contributed by atoms with E-state index in [1.807, 2.05) is 0 Å². The van der Waals surface area contributed by atoms with Crippen molar-refractivity contribution < 1.29 is 22.6 Å². The number of halogens is 3. The van der Waals surface area contributed by atoms with Gasteiger partial charge in [0.15, 0.2) is 0 Å². The van der Waals surface area contributed by atoms with Gasteiger partial charge in [0.1, 0.15) is 11.6 Å². The molecule has 4 rings (SSSR count). The van der Waals surface area contributed by atoms with Crippen LogP contribution in [0.4, 0.5) is 13.2 Å². The van der Waals surface area contributed by atoms with Gasteiger partial charge in [0.25, 0.3) is 0 Å². The zero-order chi connectivity index (χ0) is 20.4. The number of H-pyrrole nitrogens is 1. The van der Waals surface area contributed by atoms with Gasteiger partial charge in [0.05, 0.1) is 31.1 Å². The number of hydrogen-bond acceptors (Lipinski definition) is 5. The smallest absolute Gasteiger partial charge is 0.406 e. The largest absolute Gasteiger partial charge is 0.573 e. The van der Waals surface area contributed by atoms with E-state index in [0.717, 1.165) is 56.2 Å². The van der Waals surface area contributed by atoms with Crippen LogP contribution in [0, 0.1) is 0 Å². The highest BCUT2D eigenvalue weighted by molar-refractivity contribution is 5.59. The zero-order valence-electron chi connectivity index (χ0n) is 16.3. The second-order valence-corrected chi connectivity index (χ2v) is 7.62. The molecule has 1 unspecified atom stereocenters. The lowest BCUT2D eigenvalue weighted by atomic mass is 10.0. The van der Waals surface area contributed by atoms with E-state index in [1.165, 1.54) is 12.1 Å². The minimum atomic E-state index is -4.69. The van der Waals surface area contributed by atoms with Crippen LogP contribution >= 0.6 is 0 Å². The third-order valence-corrected chi connectivity index (χ3v) is 5.64. The molecule has 0 amide bonds. The van der Waals surface area contributed by atoms with Gasteiger partial charge in [0.2, 0.25) is 0 Å². The van der Waals surface area contributed by atoms with E-state index in [2.05, 4.69) is 31.6 Å². The van der Waals surface area contributed by atoms with E-state index in [-0.39, 0.29) is 11.8 Å². The van der Waals surface area contributed by atoms with Crippen LogP contribution < -0.4 is 4.74 Å². The standard InChI is InChI=1S/C20H25F3N4O2/c1-26-8-6-15(7-9-26)27-10-11-28-13-18(27)19-24-12-17(25-19)14-2-4-16(5-3-14)29-20(21,22)23/h2-5,12,15,18H,6-11,13H2,1H3,(H,24,25). The van der Waals surface area contributed by atoms with Crippen LogP contribution in [0.5, 0.6) is 5.75 Å². The van der Waals surface area contributed by atoms with Crippen molar-refractivity contribution in [3.63, 3.8) is 0 Å². The Hall–Kier alpha value is -2.10. The number of ether oxygens (including phenoxy) is 2. The number of alkyl halides is 3. The lowest BCUT2D eigenvalue weighted by molar-refractivity contribution is -0.274. The van der Waals surface area contributed by atoms with Gasteiger partial charge in [-0.15, -0.1) is 13.2 Å². The summed E-state index contributed by atoms with van der Waals surface area (Å²) in [7, 11) is 2.15.